The molecule has 2 aromatic rings. The molecule has 1 aliphatic rings. The van der Waals surface area contributed by atoms with Gasteiger partial charge in [0.1, 0.15) is 10.6 Å². The molecule has 34 heavy (non-hydrogen) atoms. The van der Waals surface area contributed by atoms with Crippen LogP contribution in [0, 0.1) is 0 Å². The monoisotopic (exact) mass is 496 g/mol. The van der Waals surface area contributed by atoms with Gasteiger partial charge in [-0.1, -0.05) is 24.3 Å². The Kier molecular flexibility index (Phi) is 7.67. The fraction of sp³-hybridized carbons (Fsp3) is 0.435. The molecule has 11 heteroatoms. The van der Waals surface area contributed by atoms with Crippen LogP contribution in [0.15, 0.2) is 41.5 Å². The number of carbonyl (C=O) groups is 2. The summed E-state index contributed by atoms with van der Waals surface area (Å²) >= 11 is 1.03. The molecule has 2 heterocycles. The van der Waals surface area contributed by atoms with E-state index < -0.39 is 29.3 Å². The lowest BCUT2D eigenvalue weighted by Crippen LogP contribution is -2.36. The van der Waals surface area contributed by atoms with Gasteiger partial charge >= 0.3 is 12.3 Å². The minimum absolute atomic E-state index is 0.0277. The van der Waals surface area contributed by atoms with Crippen LogP contribution in [0.5, 0.6) is 0 Å². The first-order valence-electron chi connectivity index (χ1n) is 10.6. The molecule has 0 unspecified atom stereocenters. The number of nitrogens with zero attached hydrogens (tertiary/aromatic N) is 3. The number of rotatable bonds is 5. The van der Waals surface area contributed by atoms with Crippen molar-refractivity contribution < 1.29 is 27.5 Å². The Bertz CT molecular complexity index is 1080. The maximum Gasteiger partial charge on any atom is 0.416 e. The van der Waals surface area contributed by atoms with Crippen LogP contribution >= 0.6 is 11.3 Å². The predicted octanol–water partition coefficient (Wildman–Crippen LogP) is 5.37. The average Bonchev–Trinajstić information content (AvgIpc) is 3.18. The summed E-state index contributed by atoms with van der Waals surface area (Å²) in [4.78, 5) is 33.3. The van der Waals surface area contributed by atoms with Crippen LogP contribution in [0.2, 0.25) is 0 Å². The maximum atomic E-state index is 13.6. The van der Waals surface area contributed by atoms with Crippen molar-refractivity contribution in [1.82, 2.24) is 14.8 Å². The Morgan fingerprint density at radius 2 is 1.94 bits per heavy atom. The Balaban J connectivity index is 1.94. The van der Waals surface area contributed by atoms with E-state index in [1.54, 1.807) is 20.8 Å². The van der Waals surface area contributed by atoms with Gasteiger partial charge in [0.25, 0.3) is 5.91 Å². The summed E-state index contributed by atoms with van der Waals surface area (Å²) < 4.78 is 46.1. The minimum atomic E-state index is -4.56. The molecule has 1 aromatic carbocycles. The van der Waals surface area contributed by atoms with Crippen molar-refractivity contribution in [2.75, 3.05) is 25.5 Å². The van der Waals surface area contributed by atoms with Crippen molar-refractivity contribution in [2.45, 2.75) is 45.5 Å². The van der Waals surface area contributed by atoms with Crippen LogP contribution in [0.3, 0.4) is 0 Å². The van der Waals surface area contributed by atoms with Crippen LogP contribution in [-0.2, 0) is 17.5 Å². The van der Waals surface area contributed by atoms with Crippen LogP contribution in [0.4, 0.5) is 23.0 Å². The number of benzene rings is 1. The van der Waals surface area contributed by atoms with Gasteiger partial charge in [-0.3, -0.25) is 10.1 Å². The number of hydrogen-bond acceptors (Lipinski definition) is 6. The van der Waals surface area contributed by atoms with E-state index in [0.29, 0.717) is 25.2 Å². The van der Waals surface area contributed by atoms with Crippen molar-refractivity contribution >= 4 is 28.3 Å². The fourth-order valence-electron chi connectivity index (χ4n) is 3.43. The van der Waals surface area contributed by atoms with Gasteiger partial charge < -0.3 is 14.5 Å². The standard InChI is InChI=1S/C23H27F3N4O3S/c1-22(2,3)33-21(32)28-19-18(27-14-34-19)20(31)30(16-9-11-29(4)12-10-16)13-15-7-5-6-8-17(15)23(24,25)26/h5-9,14H,10-13H2,1-4H3,(H,28,32). The first-order valence-corrected chi connectivity index (χ1v) is 11.5. The molecule has 0 bridgehead atoms. The molecule has 0 aliphatic carbocycles. The number of thiazole rings is 1. The van der Waals surface area contributed by atoms with Gasteiger partial charge in [0.2, 0.25) is 0 Å². The molecule has 0 saturated heterocycles. The van der Waals surface area contributed by atoms with Crippen molar-refractivity contribution in [2.24, 2.45) is 0 Å². The van der Waals surface area contributed by atoms with Gasteiger partial charge in [-0.15, -0.1) is 11.3 Å². The molecular weight excluding hydrogens is 469 g/mol. The van der Waals surface area contributed by atoms with E-state index in [2.05, 4.69) is 10.3 Å². The SMILES string of the molecule is CN1CC=C(N(Cc2ccccc2C(F)(F)F)C(=O)c2ncsc2NC(=O)OC(C)(C)C)CC1. The van der Waals surface area contributed by atoms with E-state index in [9.17, 15) is 22.8 Å². The molecule has 2 amide bonds. The number of amides is 2. The lowest BCUT2D eigenvalue weighted by atomic mass is 10.0. The molecule has 1 aromatic heterocycles. The molecule has 0 saturated carbocycles. The van der Waals surface area contributed by atoms with E-state index in [1.807, 2.05) is 18.0 Å². The number of halogens is 3. The Hall–Kier alpha value is -2.92. The number of likely N-dealkylation sites (N-methyl/N-ethyl adjacent to an activating group) is 1. The number of alkyl halides is 3. The van der Waals surface area contributed by atoms with E-state index in [4.69, 9.17) is 4.74 Å². The molecule has 7 nitrogen and oxygen atoms in total. The third-order valence-electron chi connectivity index (χ3n) is 5.02. The smallest absolute Gasteiger partial charge is 0.416 e. The highest BCUT2D eigenvalue weighted by molar-refractivity contribution is 7.14. The molecule has 0 fully saturated rings. The number of hydrogen-bond donors (Lipinski definition) is 1. The second-order valence-corrected chi connectivity index (χ2v) is 9.77. The van der Waals surface area contributed by atoms with Gasteiger partial charge in [-0.25, -0.2) is 9.78 Å². The second-order valence-electron chi connectivity index (χ2n) is 8.91. The molecule has 3 rings (SSSR count). The maximum absolute atomic E-state index is 13.6. The summed E-state index contributed by atoms with van der Waals surface area (Å²) in [6, 6.07) is 5.18. The second kappa shape index (κ2) is 10.1. The van der Waals surface area contributed by atoms with Gasteiger partial charge in [0, 0.05) is 25.2 Å². The molecule has 1 N–H and O–H groups in total. The molecule has 184 valence electrons. The highest BCUT2D eigenvalue weighted by atomic mass is 32.1. The summed E-state index contributed by atoms with van der Waals surface area (Å²) in [5.41, 5.74) is 0.374. The topological polar surface area (TPSA) is 74.8 Å². The summed E-state index contributed by atoms with van der Waals surface area (Å²) in [6.07, 6.45) is -3.00. The zero-order valence-electron chi connectivity index (χ0n) is 19.4. The first kappa shape index (κ1) is 25.7. The van der Waals surface area contributed by atoms with Crippen LogP contribution in [0.1, 0.15) is 48.8 Å². The van der Waals surface area contributed by atoms with Crippen molar-refractivity contribution in [3.63, 3.8) is 0 Å². The summed E-state index contributed by atoms with van der Waals surface area (Å²) in [6.45, 7) is 6.04. The zero-order chi connectivity index (χ0) is 25.1. The van der Waals surface area contributed by atoms with E-state index in [1.165, 1.54) is 28.6 Å². The van der Waals surface area contributed by atoms with Crippen LogP contribution in [0.25, 0.3) is 0 Å². The Labute approximate surface area is 200 Å². The number of aromatic nitrogens is 1. The number of anilines is 1. The van der Waals surface area contributed by atoms with E-state index in [0.717, 1.165) is 17.4 Å². The summed E-state index contributed by atoms with van der Waals surface area (Å²) in [5, 5.41) is 2.70. The third kappa shape index (κ3) is 6.57. The average molecular weight is 497 g/mol. The number of ether oxygens (including phenoxy) is 1. The quantitative estimate of drug-likeness (QED) is 0.602. The summed E-state index contributed by atoms with van der Waals surface area (Å²) in [7, 11) is 1.92. The van der Waals surface area contributed by atoms with Gasteiger partial charge in [-0.05, 0) is 39.4 Å². The lowest BCUT2D eigenvalue weighted by molar-refractivity contribution is -0.138. The van der Waals surface area contributed by atoms with Crippen LogP contribution < -0.4 is 5.32 Å². The van der Waals surface area contributed by atoms with Crippen molar-refractivity contribution in [3.05, 3.63) is 58.4 Å². The molecule has 0 radical (unpaired) electrons. The van der Waals surface area contributed by atoms with Crippen molar-refractivity contribution in [1.29, 1.82) is 0 Å². The highest BCUT2D eigenvalue weighted by Crippen LogP contribution is 2.34. The first-order chi connectivity index (χ1) is 15.8. The predicted molar refractivity (Wildman–Crippen MR) is 123 cm³/mol. The van der Waals surface area contributed by atoms with Crippen molar-refractivity contribution in [3.8, 4) is 0 Å². The molecule has 0 spiro atoms. The van der Waals surface area contributed by atoms with E-state index >= 15 is 0 Å². The number of carbonyl (C=O) groups excluding carboxylic acids is 2. The number of nitrogens with one attached hydrogen (secondary N) is 1. The molecule has 1 aliphatic heterocycles. The Morgan fingerprint density at radius 1 is 1.24 bits per heavy atom. The molecule has 0 atom stereocenters. The zero-order valence-corrected chi connectivity index (χ0v) is 20.2. The highest BCUT2D eigenvalue weighted by Gasteiger charge is 2.35. The van der Waals surface area contributed by atoms with Gasteiger partial charge in [0.15, 0.2) is 5.69 Å². The third-order valence-corrected chi connectivity index (χ3v) is 5.76. The van der Waals surface area contributed by atoms with Gasteiger partial charge in [-0.2, -0.15) is 13.2 Å². The lowest BCUT2D eigenvalue weighted by Gasteiger charge is -2.31. The van der Waals surface area contributed by atoms with E-state index in [-0.39, 0.29) is 22.8 Å². The molecular formula is C23H27F3N4O3S. The fourth-order valence-corrected chi connectivity index (χ4v) is 4.08. The normalized spacial score (nSPS) is 15.0. The Morgan fingerprint density at radius 3 is 2.56 bits per heavy atom. The summed E-state index contributed by atoms with van der Waals surface area (Å²) in [5.74, 6) is -0.597. The largest absolute Gasteiger partial charge is 0.444 e. The van der Waals surface area contributed by atoms with Gasteiger partial charge in [0.05, 0.1) is 17.6 Å². The minimum Gasteiger partial charge on any atom is -0.444 e. The van der Waals surface area contributed by atoms with Crippen LogP contribution in [-0.4, -0.2) is 52.5 Å².